The SMILES string of the molecule is CCc1ccc(NC(=O)C(C)Sc2nnc(C3CC3)n2Cc2ccco2)cc1. The lowest BCUT2D eigenvalue weighted by molar-refractivity contribution is -0.115. The molecule has 1 aliphatic rings. The number of thioether (sulfide) groups is 1. The van der Waals surface area contributed by atoms with Gasteiger partial charge in [0.1, 0.15) is 11.6 Å². The molecule has 1 amide bonds. The smallest absolute Gasteiger partial charge is 0.237 e. The molecule has 0 bridgehead atoms. The van der Waals surface area contributed by atoms with Crippen LogP contribution in [0.25, 0.3) is 0 Å². The van der Waals surface area contributed by atoms with Crippen LogP contribution in [0.15, 0.2) is 52.2 Å². The van der Waals surface area contributed by atoms with Crippen LogP contribution in [0.2, 0.25) is 0 Å². The number of amides is 1. The number of carbonyl (C=O) groups excluding carboxylic acids is 1. The van der Waals surface area contributed by atoms with Gasteiger partial charge < -0.3 is 9.73 Å². The summed E-state index contributed by atoms with van der Waals surface area (Å²) in [5.74, 6) is 2.27. The molecule has 1 unspecified atom stereocenters. The number of furan rings is 1. The number of nitrogens with one attached hydrogen (secondary N) is 1. The Labute approximate surface area is 168 Å². The maximum Gasteiger partial charge on any atom is 0.237 e. The van der Waals surface area contributed by atoms with E-state index in [2.05, 4.69) is 27.0 Å². The van der Waals surface area contributed by atoms with Crippen LogP contribution < -0.4 is 5.32 Å². The first-order valence-electron chi connectivity index (χ1n) is 9.66. The van der Waals surface area contributed by atoms with Gasteiger partial charge in [-0.05, 0) is 56.0 Å². The van der Waals surface area contributed by atoms with Crippen LogP contribution in [-0.2, 0) is 17.8 Å². The first-order valence-corrected chi connectivity index (χ1v) is 10.5. The summed E-state index contributed by atoms with van der Waals surface area (Å²) < 4.78 is 7.59. The Hall–Kier alpha value is -2.54. The molecular formula is C21H24N4O2S. The fraction of sp³-hybridized carbons (Fsp3) is 0.381. The van der Waals surface area contributed by atoms with Gasteiger partial charge in [-0.3, -0.25) is 9.36 Å². The number of hydrogen-bond acceptors (Lipinski definition) is 5. The van der Waals surface area contributed by atoms with Gasteiger partial charge in [-0.15, -0.1) is 10.2 Å². The molecule has 6 nitrogen and oxygen atoms in total. The van der Waals surface area contributed by atoms with E-state index in [1.807, 2.05) is 43.3 Å². The van der Waals surface area contributed by atoms with E-state index in [0.717, 1.165) is 41.7 Å². The van der Waals surface area contributed by atoms with Crippen molar-refractivity contribution >= 4 is 23.4 Å². The fourth-order valence-corrected chi connectivity index (χ4v) is 3.87. The molecule has 4 rings (SSSR count). The predicted molar refractivity (Wildman–Crippen MR) is 110 cm³/mol. The second kappa shape index (κ2) is 8.22. The Morgan fingerprint density at radius 3 is 2.71 bits per heavy atom. The van der Waals surface area contributed by atoms with Crippen LogP contribution in [0, 0.1) is 0 Å². The number of benzene rings is 1. The molecule has 1 saturated carbocycles. The van der Waals surface area contributed by atoms with E-state index in [4.69, 9.17) is 4.42 Å². The normalized spacial score (nSPS) is 14.8. The highest BCUT2D eigenvalue weighted by atomic mass is 32.2. The highest BCUT2D eigenvalue weighted by Gasteiger charge is 2.31. The molecule has 1 fully saturated rings. The Morgan fingerprint density at radius 2 is 2.07 bits per heavy atom. The van der Waals surface area contributed by atoms with Crippen molar-refractivity contribution in [3.05, 3.63) is 59.8 Å². The minimum absolute atomic E-state index is 0.0465. The summed E-state index contributed by atoms with van der Waals surface area (Å²) >= 11 is 1.43. The van der Waals surface area contributed by atoms with Crippen molar-refractivity contribution < 1.29 is 9.21 Å². The molecule has 2 aromatic heterocycles. The molecule has 0 aliphatic heterocycles. The summed E-state index contributed by atoms with van der Waals surface area (Å²) in [7, 11) is 0. The predicted octanol–water partition coefficient (Wildman–Crippen LogP) is 4.48. The highest BCUT2D eigenvalue weighted by Crippen LogP contribution is 2.40. The minimum atomic E-state index is -0.294. The molecule has 1 atom stereocenters. The molecule has 1 aliphatic carbocycles. The average molecular weight is 397 g/mol. The number of hydrogen-bond donors (Lipinski definition) is 1. The molecule has 0 radical (unpaired) electrons. The number of aryl methyl sites for hydroxylation is 1. The maximum atomic E-state index is 12.6. The maximum absolute atomic E-state index is 12.6. The van der Waals surface area contributed by atoms with E-state index in [9.17, 15) is 4.79 Å². The summed E-state index contributed by atoms with van der Waals surface area (Å²) in [4.78, 5) is 12.6. The third-order valence-corrected chi connectivity index (χ3v) is 5.94. The molecule has 146 valence electrons. The molecular weight excluding hydrogens is 372 g/mol. The lowest BCUT2D eigenvalue weighted by atomic mass is 10.1. The minimum Gasteiger partial charge on any atom is -0.467 e. The first-order chi connectivity index (χ1) is 13.6. The van der Waals surface area contributed by atoms with Gasteiger partial charge in [0, 0.05) is 11.6 Å². The van der Waals surface area contributed by atoms with Crippen LogP contribution in [0.4, 0.5) is 5.69 Å². The van der Waals surface area contributed by atoms with Crippen LogP contribution in [0.5, 0.6) is 0 Å². The Balaban J connectivity index is 1.45. The molecule has 7 heteroatoms. The third kappa shape index (κ3) is 4.30. The molecule has 3 aromatic rings. The quantitative estimate of drug-likeness (QED) is 0.569. The van der Waals surface area contributed by atoms with E-state index in [1.165, 1.54) is 17.3 Å². The fourth-order valence-electron chi connectivity index (χ4n) is 3.02. The van der Waals surface area contributed by atoms with Crippen molar-refractivity contribution in [2.75, 3.05) is 5.32 Å². The van der Waals surface area contributed by atoms with Crippen molar-refractivity contribution in [3.63, 3.8) is 0 Å². The highest BCUT2D eigenvalue weighted by molar-refractivity contribution is 8.00. The molecule has 28 heavy (non-hydrogen) atoms. The summed E-state index contributed by atoms with van der Waals surface area (Å²) in [6.45, 7) is 4.59. The van der Waals surface area contributed by atoms with Gasteiger partial charge in [-0.2, -0.15) is 0 Å². The lowest BCUT2D eigenvalue weighted by Gasteiger charge is -2.13. The molecule has 1 N–H and O–H groups in total. The van der Waals surface area contributed by atoms with Crippen LogP contribution in [0.1, 0.15) is 49.8 Å². The summed E-state index contributed by atoms with van der Waals surface area (Å²) in [5.41, 5.74) is 2.06. The monoisotopic (exact) mass is 396 g/mol. The number of rotatable bonds is 8. The Bertz CT molecular complexity index is 930. The van der Waals surface area contributed by atoms with Crippen molar-refractivity contribution in [2.24, 2.45) is 0 Å². The number of carbonyl (C=O) groups is 1. The van der Waals surface area contributed by atoms with E-state index < -0.39 is 0 Å². The summed E-state index contributed by atoms with van der Waals surface area (Å²) in [5, 5.41) is 12.2. The van der Waals surface area contributed by atoms with Gasteiger partial charge in [0.2, 0.25) is 5.91 Å². The second-order valence-electron chi connectivity index (χ2n) is 7.08. The zero-order valence-corrected chi connectivity index (χ0v) is 16.9. The van der Waals surface area contributed by atoms with Gasteiger partial charge in [-0.25, -0.2) is 0 Å². The molecule has 0 saturated heterocycles. The lowest BCUT2D eigenvalue weighted by Crippen LogP contribution is -2.23. The molecule has 2 heterocycles. The van der Waals surface area contributed by atoms with Crippen LogP contribution in [-0.4, -0.2) is 25.9 Å². The second-order valence-corrected chi connectivity index (χ2v) is 8.39. The van der Waals surface area contributed by atoms with E-state index in [0.29, 0.717) is 12.5 Å². The molecule has 1 aromatic carbocycles. The van der Waals surface area contributed by atoms with Gasteiger partial charge >= 0.3 is 0 Å². The van der Waals surface area contributed by atoms with Crippen LogP contribution in [0.3, 0.4) is 0 Å². The van der Waals surface area contributed by atoms with Crippen LogP contribution >= 0.6 is 11.8 Å². The topological polar surface area (TPSA) is 73.0 Å². The number of nitrogens with zero attached hydrogens (tertiary/aromatic N) is 3. The van der Waals surface area contributed by atoms with Crippen molar-refractivity contribution in [1.29, 1.82) is 0 Å². The largest absolute Gasteiger partial charge is 0.467 e. The van der Waals surface area contributed by atoms with E-state index in [-0.39, 0.29) is 11.2 Å². The zero-order valence-electron chi connectivity index (χ0n) is 16.1. The van der Waals surface area contributed by atoms with Crippen molar-refractivity contribution in [2.45, 2.75) is 56.0 Å². The van der Waals surface area contributed by atoms with E-state index in [1.54, 1.807) is 6.26 Å². The van der Waals surface area contributed by atoms with Gasteiger partial charge in [0.05, 0.1) is 18.1 Å². The van der Waals surface area contributed by atoms with Gasteiger partial charge in [-0.1, -0.05) is 30.8 Å². The third-order valence-electron chi connectivity index (χ3n) is 4.86. The van der Waals surface area contributed by atoms with Crippen molar-refractivity contribution in [3.8, 4) is 0 Å². The van der Waals surface area contributed by atoms with Gasteiger partial charge in [0.25, 0.3) is 0 Å². The standard InChI is InChI=1S/C21H24N4O2S/c1-3-15-6-10-17(11-7-15)22-20(26)14(2)28-21-24-23-19(16-8-9-16)25(21)13-18-5-4-12-27-18/h4-7,10-12,14,16H,3,8-9,13H2,1-2H3,(H,22,26). The number of anilines is 1. The Kier molecular flexibility index (Phi) is 5.52. The average Bonchev–Trinajstić information content (AvgIpc) is 3.28. The zero-order chi connectivity index (χ0) is 19.5. The van der Waals surface area contributed by atoms with Gasteiger partial charge in [0.15, 0.2) is 5.16 Å². The van der Waals surface area contributed by atoms with E-state index >= 15 is 0 Å². The summed E-state index contributed by atoms with van der Waals surface area (Å²) in [6.07, 6.45) is 4.94. The molecule has 0 spiro atoms. The number of aromatic nitrogens is 3. The Morgan fingerprint density at radius 1 is 1.29 bits per heavy atom. The first kappa shape index (κ1) is 18.8. The van der Waals surface area contributed by atoms with Crippen molar-refractivity contribution in [1.82, 2.24) is 14.8 Å². The summed E-state index contributed by atoms with van der Waals surface area (Å²) in [6, 6.07) is 11.8.